The highest BCUT2D eigenvalue weighted by Gasteiger charge is 2.32. The summed E-state index contributed by atoms with van der Waals surface area (Å²) in [6, 6.07) is 7.81. The standard InChI is InChI=1S/C16H24N2O2/c1-12(5-6-13-7-9-14(19)10-8-13)18-11-3-4-15(18)16(20)17-2/h7-10,12,15,19H,3-6,11H2,1-2H3,(H,17,20). The Morgan fingerprint density at radius 2 is 2.15 bits per heavy atom. The van der Waals surface area contributed by atoms with Crippen LogP contribution in [0.3, 0.4) is 0 Å². The third-order valence-corrected chi connectivity index (χ3v) is 4.20. The van der Waals surface area contributed by atoms with Crippen LogP contribution in [0.15, 0.2) is 24.3 Å². The van der Waals surface area contributed by atoms with Crippen molar-refractivity contribution >= 4 is 5.91 Å². The number of carbonyl (C=O) groups excluding carboxylic acids is 1. The first-order chi connectivity index (χ1) is 9.61. The Kier molecular flexibility index (Phi) is 5.01. The van der Waals surface area contributed by atoms with Crippen LogP contribution in [0.2, 0.25) is 0 Å². The predicted molar refractivity (Wildman–Crippen MR) is 79.7 cm³/mol. The highest BCUT2D eigenvalue weighted by atomic mass is 16.3. The number of amides is 1. The summed E-state index contributed by atoms with van der Waals surface area (Å²) in [5, 5.41) is 12.0. The number of hydrogen-bond donors (Lipinski definition) is 2. The molecular formula is C16H24N2O2. The van der Waals surface area contributed by atoms with Gasteiger partial charge in [0.2, 0.25) is 5.91 Å². The summed E-state index contributed by atoms with van der Waals surface area (Å²) >= 11 is 0. The van der Waals surface area contributed by atoms with Crippen LogP contribution >= 0.6 is 0 Å². The van der Waals surface area contributed by atoms with Gasteiger partial charge in [-0.25, -0.2) is 0 Å². The number of hydrogen-bond acceptors (Lipinski definition) is 3. The maximum atomic E-state index is 11.9. The summed E-state index contributed by atoms with van der Waals surface area (Å²) in [4.78, 5) is 14.2. The minimum atomic E-state index is 0.0369. The molecule has 2 N–H and O–H groups in total. The summed E-state index contributed by atoms with van der Waals surface area (Å²) < 4.78 is 0. The maximum Gasteiger partial charge on any atom is 0.237 e. The molecule has 1 aromatic carbocycles. The van der Waals surface area contributed by atoms with Gasteiger partial charge in [0, 0.05) is 13.1 Å². The molecule has 1 aromatic rings. The highest BCUT2D eigenvalue weighted by molar-refractivity contribution is 5.81. The van der Waals surface area contributed by atoms with Crippen molar-refractivity contribution in [3.8, 4) is 5.75 Å². The van der Waals surface area contributed by atoms with E-state index in [1.807, 2.05) is 12.1 Å². The van der Waals surface area contributed by atoms with Crippen molar-refractivity contribution in [2.24, 2.45) is 0 Å². The first-order valence-electron chi connectivity index (χ1n) is 7.37. The number of phenolic OH excluding ortho intramolecular Hbond substituents is 1. The summed E-state index contributed by atoms with van der Waals surface area (Å²) in [6.45, 7) is 3.20. The summed E-state index contributed by atoms with van der Waals surface area (Å²) in [7, 11) is 1.71. The monoisotopic (exact) mass is 276 g/mol. The molecular weight excluding hydrogens is 252 g/mol. The lowest BCUT2D eigenvalue weighted by atomic mass is 10.0. The van der Waals surface area contributed by atoms with E-state index < -0.39 is 0 Å². The second-order valence-corrected chi connectivity index (χ2v) is 5.56. The third-order valence-electron chi connectivity index (χ3n) is 4.20. The largest absolute Gasteiger partial charge is 0.508 e. The fourth-order valence-corrected chi connectivity index (χ4v) is 2.97. The zero-order valence-electron chi connectivity index (χ0n) is 12.3. The van der Waals surface area contributed by atoms with E-state index in [4.69, 9.17) is 0 Å². The molecule has 0 aliphatic carbocycles. The van der Waals surface area contributed by atoms with E-state index in [1.54, 1.807) is 19.2 Å². The van der Waals surface area contributed by atoms with Gasteiger partial charge >= 0.3 is 0 Å². The fourth-order valence-electron chi connectivity index (χ4n) is 2.97. The Labute approximate surface area is 120 Å². The Morgan fingerprint density at radius 3 is 2.80 bits per heavy atom. The third kappa shape index (κ3) is 3.51. The average Bonchev–Trinajstić information content (AvgIpc) is 2.95. The van der Waals surface area contributed by atoms with Crippen molar-refractivity contribution in [1.29, 1.82) is 0 Å². The van der Waals surface area contributed by atoms with Crippen LogP contribution < -0.4 is 5.32 Å². The SMILES string of the molecule is CNC(=O)C1CCCN1C(C)CCc1ccc(O)cc1. The molecule has 2 atom stereocenters. The van der Waals surface area contributed by atoms with Crippen LogP contribution in [0.5, 0.6) is 5.75 Å². The molecule has 2 unspecified atom stereocenters. The average molecular weight is 276 g/mol. The van der Waals surface area contributed by atoms with E-state index in [9.17, 15) is 9.90 Å². The maximum absolute atomic E-state index is 11.9. The molecule has 0 aromatic heterocycles. The van der Waals surface area contributed by atoms with Gasteiger partial charge in [-0.15, -0.1) is 0 Å². The second kappa shape index (κ2) is 6.75. The number of nitrogens with zero attached hydrogens (tertiary/aromatic N) is 1. The normalized spacial score (nSPS) is 20.8. The topological polar surface area (TPSA) is 52.6 Å². The van der Waals surface area contributed by atoms with Gasteiger partial charge < -0.3 is 10.4 Å². The molecule has 2 rings (SSSR count). The Bertz CT molecular complexity index is 444. The van der Waals surface area contributed by atoms with E-state index in [1.165, 1.54) is 5.56 Å². The van der Waals surface area contributed by atoms with Crippen LogP contribution in [-0.4, -0.2) is 41.6 Å². The molecule has 4 heteroatoms. The number of phenols is 1. The summed E-state index contributed by atoms with van der Waals surface area (Å²) in [5.41, 5.74) is 1.23. The lowest BCUT2D eigenvalue weighted by Crippen LogP contribution is -2.46. The number of rotatable bonds is 5. The smallest absolute Gasteiger partial charge is 0.237 e. The first kappa shape index (κ1) is 14.9. The number of likely N-dealkylation sites (tertiary alicyclic amines) is 1. The Morgan fingerprint density at radius 1 is 1.45 bits per heavy atom. The zero-order chi connectivity index (χ0) is 14.5. The zero-order valence-corrected chi connectivity index (χ0v) is 12.3. The molecule has 1 aliphatic heterocycles. The number of aryl methyl sites for hydroxylation is 1. The van der Waals surface area contributed by atoms with Crippen molar-refractivity contribution in [3.63, 3.8) is 0 Å². The van der Waals surface area contributed by atoms with Crippen LogP contribution in [0, 0.1) is 0 Å². The Balaban J connectivity index is 1.89. The van der Waals surface area contributed by atoms with E-state index in [0.717, 1.165) is 32.2 Å². The number of nitrogens with one attached hydrogen (secondary N) is 1. The van der Waals surface area contributed by atoms with E-state index >= 15 is 0 Å². The minimum absolute atomic E-state index is 0.0369. The van der Waals surface area contributed by atoms with Crippen LogP contribution in [0.4, 0.5) is 0 Å². The van der Waals surface area contributed by atoms with Gasteiger partial charge in [-0.1, -0.05) is 12.1 Å². The molecule has 1 fully saturated rings. The number of likely N-dealkylation sites (N-methyl/N-ethyl adjacent to an activating group) is 1. The Hall–Kier alpha value is -1.55. The van der Waals surface area contributed by atoms with Crippen molar-refractivity contribution < 1.29 is 9.90 Å². The van der Waals surface area contributed by atoms with E-state index in [0.29, 0.717) is 11.8 Å². The predicted octanol–water partition coefficient (Wildman–Crippen LogP) is 1.92. The first-order valence-corrected chi connectivity index (χ1v) is 7.37. The van der Waals surface area contributed by atoms with Crippen molar-refractivity contribution in [2.45, 2.75) is 44.7 Å². The van der Waals surface area contributed by atoms with Crippen molar-refractivity contribution in [2.75, 3.05) is 13.6 Å². The second-order valence-electron chi connectivity index (χ2n) is 5.56. The summed E-state index contributed by atoms with van der Waals surface area (Å²) in [6.07, 6.45) is 4.06. The molecule has 4 nitrogen and oxygen atoms in total. The number of carbonyl (C=O) groups is 1. The van der Waals surface area contributed by atoms with Crippen molar-refractivity contribution in [3.05, 3.63) is 29.8 Å². The van der Waals surface area contributed by atoms with Crippen LogP contribution in [0.25, 0.3) is 0 Å². The fraction of sp³-hybridized carbons (Fsp3) is 0.562. The molecule has 1 heterocycles. The highest BCUT2D eigenvalue weighted by Crippen LogP contribution is 2.23. The molecule has 0 saturated carbocycles. The van der Waals surface area contributed by atoms with Gasteiger partial charge in [-0.05, 0) is 56.8 Å². The lowest BCUT2D eigenvalue weighted by molar-refractivity contribution is -0.125. The van der Waals surface area contributed by atoms with Gasteiger partial charge in [0.25, 0.3) is 0 Å². The van der Waals surface area contributed by atoms with E-state index in [2.05, 4.69) is 17.1 Å². The van der Waals surface area contributed by atoms with Gasteiger partial charge in [-0.2, -0.15) is 0 Å². The molecule has 0 spiro atoms. The van der Waals surface area contributed by atoms with Crippen LogP contribution in [0.1, 0.15) is 31.7 Å². The molecule has 0 radical (unpaired) electrons. The molecule has 20 heavy (non-hydrogen) atoms. The molecule has 1 amide bonds. The lowest BCUT2D eigenvalue weighted by Gasteiger charge is -2.29. The number of benzene rings is 1. The molecule has 0 bridgehead atoms. The van der Waals surface area contributed by atoms with Gasteiger partial charge in [0.1, 0.15) is 5.75 Å². The van der Waals surface area contributed by atoms with Crippen molar-refractivity contribution in [1.82, 2.24) is 10.2 Å². The summed E-state index contributed by atoms with van der Waals surface area (Å²) in [5.74, 6) is 0.444. The van der Waals surface area contributed by atoms with E-state index in [-0.39, 0.29) is 11.9 Å². The van der Waals surface area contributed by atoms with Gasteiger partial charge in [-0.3, -0.25) is 9.69 Å². The van der Waals surface area contributed by atoms with Crippen LogP contribution in [-0.2, 0) is 11.2 Å². The molecule has 1 aliphatic rings. The quantitative estimate of drug-likeness (QED) is 0.864. The van der Waals surface area contributed by atoms with Gasteiger partial charge in [0.05, 0.1) is 6.04 Å². The minimum Gasteiger partial charge on any atom is -0.508 e. The van der Waals surface area contributed by atoms with Gasteiger partial charge in [0.15, 0.2) is 0 Å². The molecule has 1 saturated heterocycles. The molecule has 110 valence electrons. The number of aromatic hydroxyl groups is 1.